The number of nitrogens with zero attached hydrogens (tertiary/aromatic N) is 2. The van der Waals surface area contributed by atoms with Crippen LogP contribution >= 0.6 is 0 Å². The fourth-order valence-corrected chi connectivity index (χ4v) is 3.23. The van der Waals surface area contributed by atoms with E-state index in [1.807, 2.05) is 23.1 Å². The number of H-pyrrole nitrogens is 1. The minimum Gasteiger partial charge on any atom is -0.308 e. The van der Waals surface area contributed by atoms with E-state index in [-0.39, 0.29) is 5.91 Å². The van der Waals surface area contributed by atoms with Crippen LogP contribution in [0, 0.1) is 6.92 Å². The number of aromatic nitrogens is 2. The maximum absolute atomic E-state index is 13.0. The van der Waals surface area contributed by atoms with E-state index in [0.29, 0.717) is 5.56 Å². The molecular formula is C18H17N3O. The van der Waals surface area contributed by atoms with Gasteiger partial charge in [0.1, 0.15) is 0 Å². The molecule has 0 saturated carbocycles. The smallest absolute Gasteiger partial charge is 0.260 e. The molecule has 0 spiro atoms. The van der Waals surface area contributed by atoms with Crippen molar-refractivity contribution in [1.82, 2.24) is 10.2 Å². The fraction of sp³-hybridized carbons (Fsp3) is 0.222. The Morgan fingerprint density at radius 1 is 1.27 bits per heavy atom. The minimum absolute atomic E-state index is 0.0413. The Labute approximate surface area is 128 Å². The molecule has 110 valence electrons. The topological polar surface area (TPSA) is 49.0 Å². The first-order valence-corrected chi connectivity index (χ1v) is 7.57. The largest absolute Gasteiger partial charge is 0.308 e. The number of fused-ring (bicyclic) bond motifs is 2. The van der Waals surface area contributed by atoms with Crippen molar-refractivity contribution < 1.29 is 4.79 Å². The molecule has 0 fully saturated rings. The molecule has 22 heavy (non-hydrogen) atoms. The number of aryl methyl sites for hydroxylation is 2. The van der Waals surface area contributed by atoms with Gasteiger partial charge in [-0.25, -0.2) is 0 Å². The highest BCUT2D eigenvalue weighted by molar-refractivity contribution is 6.13. The van der Waals surface area contributed by atoms with Crippen LogP contribution in [-0.2, 0) is 6.42 Å². The van der Waals surface area contributed by atoms with E-state index in [1.54, 1.807) is 6.20 Å². The molecule has 4 heteroatoms. The first kappa shape index (κ1) is 13.1. The van der Waals surface area contributed by atoms with E-state index in [2.05, 4.69) is 35.3 Å². The zero-order chi connectivity index (χ0) is 15.1. The van der Waals surface area contributed by atoms with Gasteiger partial charge in [-0.15, -0.1) is 0 Å². The zero-order valence-corrected chi connectivity index (χ0v) is 12.5. The number of carbonyl (C=O) groups is 1. The number of amides is 1. The first-order chi connectivity index (χ1) is 10.7. The molecule has 1 aliphatic heterocycles. The van der Waals surface area contributed by atoms with E-state index in [9.17, 15) is 4.79 Å². The third-order valence-corrected chi connectivity index (χ3v) is 4.31. The highest BCUT2D eigenvalue weighted by Gasteiger charge is 2.25. The van der Waals surface area contributed by atoms with Gasteiger partial charge in [-0.2, -0.15) is 5.10 Å². The van der Waals surface area contributed by atoms with Gasteiger partial charge < -0.3 is 4.90 Å². The van der Waals surface area contributed by atoms with E-state index in [4.69, 9.17) is 0 Å². The van der Waals surface area contributed by atoms with Crippen LogP contribution < -0.4 is 4.90 Å². The second-order valence-corrected chi connectivity index (χ2v) is 5.83. The fourth-order valence-electron chi connectivity index (χ4n) is 3.23. The van der Waals surface area contributed by atoms with Gasteiger partial charge >= 0.3 is 0 Å². The van der Waals surface area contributed by atoms with Crippen molar-refractivity contribution in [2.45, 2.75) is 19.8 Å². The van der Waals surface area contributed by atoms with Crippen LogP contribution in [-0.4, -0.2) is 22.6 Å². The number of hydrogen-bond acceptors (Lipinski definition) is 2. The number of benzene rings is 2. The molecule has 4 nitrogen and oxygen atoms in total. The summed E-state index contributed by atoms with van der Waals surface area (Å²) in [4.78, 5) is 14.9. The SMILES string of the molecule is Cc1ccc2c(c1)CCCN2C(=O)c1cccc2cn[nH]c12. The van der Waals surface area contributed by atoms with Crippen LogP contribution in [0.4, 0.5) is 5.69 Å². The van der Waals surface area contributed by atoms with Gasteiger partial charge in [0.15, 0.2) is 0 Å². The highest BCUT2D eigenvalue weighted by Crippen LogP contribution is 2.30. The Morgan fingerprint density at radius 2 is 2.18 bits per heavy atom. The Hall–Kier alpha value is -2.62. The predicted molar refractivity (Wildman–Crippen MR) is 87.3 cm³/mol. The molecule has 0 atom stereocenters. The summed E-state index contributed by atoms with van der Waals surface area (Å²) in [5.74, 6) is 0.0413. The molecule has 2 aromatic carbocycles. The van der Waals surface area contributed by atoms with E-state index < -0.39 is 0 Å². The Kier molecular flexibility index (Phi) is 2.96. The van der Waals surface area contributed by atoms with Crippen molar-refractivity contribution >= 4 is 22.5 Å². The van der Waals surface area contributed by atoms with Gasteiger partial charge in [0, 0.05) is 17.6 Å². The third kappa shape index (κ3) is 1.99. The normalized spacial score (nSPS) is 14.1. The van der Waals surface area contributed by atoms with Gasteiger partial charge in [0.25, 0.3) is 5.91 Å². The average molecular weight is 291 g/mol. The summed E-state index contributed by atoms with van der Waals surface area (Å²) in [6, 6.07) is 12.1. The molecule has 0 aliphatic carbocycles. The lowest BCUT2D eigenvalue weighted by Gasteiger charge is -2.30. The molecule has 2 heterocycles. The Balaban J connectivity index is 1.80. The summed E-state index contributed by atoms with van der Waals surface area (Å²) < 4.78 is 0. The van der Waals surface area contributed by atoms with Gasteiger partial charge in [-0.05, 0) is 37.5 Å². The summed E-state index contributed by atoms with van der Waals surface area (Å²) in [6.07, 6.45) is 3.79. The van der Waals surface area contributed by atoms with Crippen LogP contribution in [0.2, 0.25) is 0 Å². The van der Waals surface area contributed by atoms with E-state index >= 15 is 0 Å². The summed E-state index contributed by atoms with van der Waals surface area (Å²) >= 11 is 0. The van der Waals surface area contributed by atoms with Crippen molar-refractivity contribution in [2.75, 3.05) is 11.4 Å². The first-order valence-electron chi connectivity index (χ1n) is 7.57. The summed E-state index contributed by atoms with van der Waals surface area (Å²) in [5, 5.41) is 7.96. The van der Waals surface area contributed by atoms with Crippen LogP contribution in [0.3, 0.4) is 0 Å². The predicted octanol–water partition coefficient (Wildman–Crippen LogP) is 3.46. The van der Waals surface area contributed by atoms with Gasteiger partial charge in [-0.1, -0.05) is 29.8 Å². The number of anilines is 1. The van der Waals surface area contributed by atoms with Gasteiger partial charge in [-0.3, -0.25) is 9.89 Å². The lowest BCUT2D eigenvalue weighted by atomic mass is 9.98. The molecule has 1 N–H and O–H groups in total. The van der Waals surface area contributed by atoms with Crippen LogP contribution in [0.5, 0.6) is 0 Å². The summed E-state index contributed by atoms with van der Waals surface area (Å²) in [5.41, 5.74) is 5.04. The van der Waals surface area contributed by atoms with Gasteiger partial charge in [0.05, 0.1) is 17.3 Å². The van der Waals surface area contributed by atoms with Crippen LogP contribution in [0.15, 0.2) is 42.6 Å². The maximum atomic E-state index is 13.0. The molecule has 0 unspecified atom stereocenters. The number of hydrogen-bond donors (Lipinski definition) is 1. The Morgan fingerprint density at radius 3 is 3.09 bits per heavy atom. The van der Waals surface area contributed by atoms with Crippen molar-refractivity contribution in [3.8, 4) is 0 Å². The average Bonchev–Trinajstić information content (AvgIpc) is 3.01. The number of para-hydroxylation sites is 1. The molecular weight excluding hydrogens is 274 g/mol. The Bertz CT molecular complexity index is 866. The molecule has 1 aliphatic rings. The molecule has 0 radical (unpaired) electrons. The van der Waals surface area contributed by atoms with Crippen molar-refractivity contribution in [2.24, 2.45) is 0 Å². The van der Waals surface area contributed by atoms with Crippen LogP contribution in [0.1, 0.15) is 27.9 Å². The highest BCUT2D eigenvalue weighted by atomic mass is 16.2. The molecule has 0 saturated heterocycles. The lowest BCUT2D eigenvalue weighted by Crippen LogP contribution is -2.35. The summed E-state index contributed by atoms with van der Waals surface area (Å²) in [7, 11) is 0. The molecule has 1 amide bonds. The number of aromatic amines is 1. The quantitative estimate of drug-likeness (QED) is 0.746. The maximum Gasteiger partial charge on any atom is 0.260 e. The number of carbonyl (C=O) groups excluding carboxylic acids is 1. The standard InChI is InChI=1S/C18H17N3O/c1-12-7-8-16-13(10-12)5-3-9-21(16)18(22)15-6-2-4-14-11-19-20-17(14)15/h2,4,6-8,10-11H,3,5,9H2,1H3,(H,19,20). The van der Waals surface area contributed by atoms with Gasteiger partial charge in [0.2, 0.25) is 0 Å². The van der Waals surface area contributed by atoms with E-state index in [1.165, 1.54) is 11.1 Å². The van der Waals surface area contributed by atoms with Crippen molar-refractivity contribution in [3.63, 3.8) is 0 Å². The zero-order valence-electron chi connectivity index (χ0n) is 12.5. The minimum atomic E-state index is 0.0413. The monoisotopic (exact) mass is 291 g/mol. The molecule has 4 rings (SSSR count). The number of rotatable bonds is 1. The molecule has 0 bridgehead atoms. The third-order valence-electron chi connectivity index (χ3n) is 4.31. The summed E-state index contributed by atoms with van der Waals surface area (Å²) in [6.45, 7) is 2.85. The molecule has 3 aromatic rings. The second kappa shape index (κ2) is 4.98. The van der Waals surface area contributed by atoms with E-state index in [0.717, 1.165) is 36.0 Å². The number of nitrogens with one attached hydrogen (secondary N) is 1. The van der Waals surface area contributed by atoms with Crippen molar-refractivity contribution in [1.29, 1.82) is 0 Å². The lowest BCUT2D eigenvalue weighted by molar-refractivity contribution is 0.0986. The molecule has 1 aromatic heterocycles. The van der Waals surface area contributed by atoms with Crippen LogP contribution in [0.25, 0.3) is 10.9 Å². The van der Waals surface area contributed by atoms with Crippen molar-refractivity contribution in [3.05, 3.63) is 59.3 Å². The second-order valence-electron chi connectivity index (χ2n) is 5.83.